The predicted octanol–water partition coefficient (Wildman–Crippen LogP) is 2.13. The van der Waals surface area contributed by atoms with Gasteiger partial charge in [0, 0.05) is 19.5 Å². The summed E-state index contributed by atoms with van der Waals surface area (Å²) >= 11 is 0. The van der Waals surface area contributed by atoms with E-state index in [0.717, 1.165) is 0 Å². The first-order valence-electron chi connectivity index (χ1n) is 1.44. The van der Waals surface area contributed by atoms with Crippen molar-refractivity contribution in [2.45, 2.75) is 6.18 Å². The third kappa shape index (κ3) is 4.51. The van der Waals surface area contributed by atoms with Crippen LogP contribution in [0.2, 0.25) is 0 Å². The van der Waals surface area contributed by atoms with Crippen molar-refractivity contribution < 1.29 is 41.4 Å². The Balaban J connectivity index is 0. The fraction of sp³-hybridized carbons (Fsp3) is 0.333. The number of rotatable bonds is 0. The maximum absolute atomic E-state index is 10.9. The molecule has 0 saturated carbocycles. The van der Waals surface area contributed by atoms with E-state index in [-0.39, 0.29) is 25.8 Å². The van der Waals surface area contributed by atoms with Crippen LogP contribution in [-0.2, 0) is 19.5 Å². The summed E-state index contributed by atoms with van der Waals surface area (Å²) in [7, 11) is 0. The van der Waals surface area contributed by atoms with Gasteiger partial charge in [0.05, 0.1) is 5.83 Å². The van der Waals surface area contributed by atoms with Gasteiger partial charge in [0.1, 0.15) is 0 Å². The third-order valence-electron chi connectivity index (χ3n) is 0.332. The average molecular weight is 234 g/mol. The second-order valence-electron chi connectivity index (χ2n) is 0.906. The minimum atomic E-state index is -5.23. The molecular formula is C3F5Rh-. The molecule has 0 saturated heterocycles. The van der Waals surface area contributed by atoms with Gasteiger partial charge in [-0.1, -0.05) is 0 Å². The van der Waals surface area contributed by atoms with Crippen LogP contribution in [0.1, 0.15) is 0 Å². The normalized spacial score (nSPS) is 12.8. The Morgan fingerprint density at radius 3 is 1.56 bits per heavy atom. The fourth-order valence-electron chi connectivity index (χ4n) is 0.0536. The van der Waals surface area contributed by atoms with Crippen molar-refractivity contribution >= 4 is 0 Å². The van der Waals surface area contributed by atoms with E-state index in [1.54, 1.807) is 0 Å². The second-order valence-corrected chi connectivity index (χ2v) is 0.906. The van der Waals surface area contributed by atoms with Crippen LogP contribution in [0.5, 0.6) is 0 Å². The summed E-state index contributed by atoms with van der Waals surface area (Å²) in [5.41, 5.74) is 0. The minimum Gasteiger partial charge on any atom is -0.455 e. The van der Waals surface area contributed by atoms with Crippen LogP contribution in [0.15, 0.2) is 5.83 Å². The molecule has 0 unspecified atom stereocenters. The number of hydrogen-bond acceptors (Lipinski definition) is 0. The quantitative estimate of drug-likeness (QED) is 0.342. The molecule has 0 atom stereocenters. The number of halogens is 5. The zero-order valence-corrected chi connectivity index (χ0v) is 5.36. The molecule has 0 aliphatic rings. The van der Waals surface area contributed by atoms with Crippen molar-refractivity contribution in [2.75, 3.05) is 0 Å². The van der Waals surface area contributed by atoms with Crippen LogP contribution >= 0.6 is 0 Å². The van der Waals surface area contributed by atoms with Gasteiger partial charge in [0.25, 0.3) is 0 Å². The van der Waals surface area contributed by atoms with Gasteiger partial charge in [-0.3, -0.25) is 6.33 Å². The first-order chi connectivity index (χ1) is 3.48. The van der Waals surface area contributed by atoms with Crippen LogP contribution in [0.25, 0.3) is 0 Å². The Bertz CT molecular complexity index is 103. The van der Waals surface area contributed by atoms with Gasteiger partial charge < -0.3 is 4.39 Å². The molecule has 57 valence electrons. The molecule has 0 aromatic carbocycles. The Hall–Kier alpha value is 0.0134. The zero-order chi connectivity index (χ0) is 6.78. The zero-order valence-electron chi connectivity index (χ0n) is 3.72. The Kier molecular flexibility index (Phi) is 5.14. The molecule has 0 aliphatic heterocycles. The molecule has 0 fully saturated rings. The van der Waals surface area contributed by atoms with E-state index in [2.05, 4.69) is 0 Å². The van der Waals surface area contributed by atoms with Crippen LogP contribution in [0.4, 0.5) is 22.0 Å². The molecule has 1 radical (unpaired) electrons. The molecule has 0 N–H and O–H groups in total. The van der Waals surface area contributed by atoms with Crippen molar-refractivity contribution in [3.05, 3.63) is 12.2 Å². The molecule has 6 heteroatoms. The Labute approximate surface area is 60.5 Å². The number of alkyl halides is 3. The van der Waals surface area contributed by atoms with Crippen LogP contribution in [0.3, 0.4) is 0 Å². The molecule has 0 aromatic rings. The SMILES string of the molecule is F[C-]=C(F)C(F)(F)F.[Rh]. The minimum absolute atomic E-state index is 0. The van der Waals surface area contributed by atoms with Crippen molar-refractivity contribution in [1.29, 1.82) is 0 Å². The summed E-state index contributed by atoms with van der Waals surface area (Å²) in [6.45, 7) is 0. The van der Waals surface area contributed by atoms with Gasteiger partial charge in [0.15, 0.2) is 0 Å². The summed E-state index contributed by atoms with van der Waals surface area (Å²) in [6.07, 6.45) is -5.40. The van der Waals surface area contributed by atoms with Gasteiger partial charge in [-0.15, -0.1) is 0 Å². The summed E-state index contributed by atoms with van der Waals surface area (Å²) in [5, 5.41) is 0. The summed E-state index contributed by atoms with van der Waals surface area (Å²) in [5.74, 6) is -2.84. The molecule has 0 nitrogen and oxygen atoms in total. The van der Waals surface area contributed by atoms with Gasteiger partial charge in [0.2, 0.25) is 0 Å². The second kappa shape index (κ2) is 3.93. The number of hydrogen-bond donors (Lipinski definition) is 0. The topological polar surface area (TPSA) is 0 Å². The van der Waals surface area contributed by atoms with Crippen LogP contribution < -0.4 is 0 Å². The third-order valence-corrected chi connectivity index (χ3v) is 0.332. The first kappa shape index (κ1) is 11.8. The van der Waals surface area contributed by atoms with E-state index in [9.17, 15) is 22.0 Å². The molecule has 0 rings (SSSR count). The molecule has 0 spiro atoms. The van der Waals surface area contributed by atoms with E-state index < -0.39 is 12.0 Å². The van der Waals surface area contributed by atoms with E-state index in [4.69, 9.17) is 0 Å². The molecular weight excluding hydrogens is 234 g/mol. The van der Waals surface area contributed by atoms with Crippen molar-refractivity contribution in [3.8, 4) is 0 Å². The maximum atomic E-state index is 10.9. The maximum Gasteiger partial charge on any atom is 0.411 e. The van der Waals surface area contributed by atoms with E-state index >= 15 is 0 Å². The van der Waals surface area contributed by atoms with E-state index in [1.165, 1.54) is 0 Å². The Morgan fingerprint density at radius 1 is 1.22 bits per heavy atom. The predicted molar refractivity (Wildman–Crippen MR) is 15.0 cm³/mol. The Morgan fingerprint density at radius 2 is 1.56 bits per heavy atom. The van der Waals surface area contributed by atoms with Crippen LogP contribution in [0, 0.1) is 6.33 Å². The largest absolute Gasteiger partial charge is 0.455 e. The molecule has 0 aliphatic carbocycles. The van der Waals surface area contributed by atoms with Gasteiger partial charge in [-0.2, -0.15) is 13.2 Å². The van der Waals surface area contributed by atoms with Crippen molar-refractivity contribution in [2.24, 2.45) is 0 Å². The number of allylic oxidation sites excluding steroid dienone is 1. The average Bonchev–Trinajstić information content (AvgIpc) is 1.62. The smallest absolute Gasteiger partial charge is 0.411 e. The molecule has 0 heterocycles. The van der Waals surface area contributed by atoms with Crippen molar-refractivity contribution in [1.82, 2.24) is 0 Å². The fourth-order valence-corrected chi connectivity index (χ4v) is 0.0536. The van der Waals surface area contributed by atoms with Gasteiger partial charge >= 0.3 is 6.18 Å². The van der Waals surface area contributed by atoms with E-state index in [0.29, 0.717) is 0 Å². The van der Waals surface area contributed by atoms with E-state index in [1.807, 2.05) is 0 Å². The van der Waals surface area contributed by atoms with Gasteiger partial charge in [-0.25, -0.2) is 4.39 Å². The van der Waals surface area contributed by atoms with Crippen LogP contribution in [-0.4, -0.2) is 6.18 Å². The standard InChI is InChI=1S/C3F5.Rh/c4-1-2(5)3(6,7)8;/q-1;. The summed E-state index contributed by atoms with van der Waals surface area (Å²) in [6, 6.07) is 0. The molecule has 0 bridgehead atoms. The summed E-state index contributed by atoms with van der Waals surface area (Å²) in [4.78, 5) is 0. The summed E-state index contributed by atoms with van der Waals surface area (Å²) < 4.78 is 53.6. The first-order valence-corrected chi connectivity index (χ1v) is 1.44. The molecule has 0 amide bonds. The van der Waals surface area contributed by atoms with Crippen molar-refractivity contribution in [3.63, 3.8) is 0 Å². The van der Waals surface area contributed by atoms with Gasteiger partial charge in [-0.05, 0) is 0 Å². The molecule has 9 heavy (non-hydrogen) atoms. The monoisotopic (exact) mass is 234 g/mol. The molecule has 0 aromatic heterocycles.